The van der Waals surface area contributed by atoms with E-state index in [0.717, 1.165) is 49.7 Å². The number of carbonyl (C=O) groups is 1. The number of anilines is 2. The Kier molecular flexibility index (Phi) is 7.64. The van der Waals surface area contributed by atoms with Crippen LogP contribution in [0, 0.1) is 13.8 Å². The van der Waals surface area contributed by atoms with E-state index in [4.69, 9.17) is 23.2 Å². The lowest BCUT2D eigenvalue weighted by atomic mass is 10.1. The molecule has 2 aromatic rings. The highest BCUT2D eigenvalue weighted by molar-refractivity contribution is 6.33. The molecule has 0 aromatic heterocycles. The zero-order chi connectivity index (χ0) is 20.8. The molecule has 0 atom stereocenters. The van der Waals surface area contributed by atoms with Gasteiger partial charge in [0.15, 0.2) is 0 Å². The van der Waals surface area contributed by atoms with E-state index in [1.165, 1.54) is 11.3 Å². The molecular formula is C22H28Cl2N4O. The summed E-state index contributed by atoms with van der Waals surface area (Å²) in [6.07, 6.45) is 0.908. The van der Waals surface area contributed by atoms with E-state index in [1.807, 2.05) is 31.2 Å². The molecule has 0 spiro atoms. The Balaban J connectivity index is 1.35. The fourth-order valence-corrected chi connectivity index (χ4v) is 3.98. The molecule has 1 saturated heterocycles. The third kappa shape index (κ3) is 6.26. The third-order valence-corrected chi connectivity index (χ3v) is 5.74. The number of rotatable bonds is 6. The van der Waals surface area contributed by atoms with Gasteiger partial charge in [0.25, 0.3) is 0 Å². The molecule has 1 heterocycles. The summed E-state index contributed by atoms with van der Waals surface area (Å²) in [6, 6.07) is 11.4. The van der Waals surface area contributed by atoms with Crippen LogP contribution in [0.25, 0.3) is 0 Å². The standard InChI is InChI=1S/C22H28Cl2N4O/c1-16-4-7-20(19(24)14-16)26-22(29)25-8-3-9-27-10-12-28(13-11-27)21-15-18(23)6-5-17(21)2/h4-7,14-15H,3,8-13H2,1-2H3,(H2,25,26,29). The van der Waals surface area contributed by atoms with Gasteiger partial charge in [-0.15, -0.1) is 0 Å². The number of nitrogens with one attached hydrogen (secondary N) is 2. The normalized spacial score (nSPS) is 14.7. The van der Waals surface area contributed by atoms with E-state index in [2.05, 4.69) is 39.5 Å². The van der Waals surface area contributed by atoms with Crippen molar-refractivity contribution in [3.05, 3.63) is 57.6 Å². The maximum absolute atomic E-state index is 12.0. The van der Waals surface area contributed by atoms with Crippen molar-refractivity contribution in [1.29, 1.82) is 0 Å². The predicted molar refractivity (Wildman–Crippen MR) is 123 cm³/mol. The van der Waals surface area contributed by atoms with Crippen LogP contribution in [0.1, 0.15) is 17.5 Å². The van der Waals surface area contributed by atoms with Crippen LogP contribution in [0.5, 0.6) is 0 Å². The first kappa shape index (κ1) is 21.8. The first-order valence-corrected chi connectivity index (χ1v) is 10.7. The van der Waals surface area contributed by atoms with Gasteiger partial charge in [0.05, 0.1) is 10.7 Å². The van der Waals surface area contributed by atoms with E-state index in [9.17, 15) is 4.79 Å². The molecule has 1 fully saturated rings. The van der Waals surface area contributed by atoms with Crippen molar-refractivity contribution in [1.82, 2.24) is 10.2 Å². The van der Waals surface area contributed by atoms with Crippen molar-refractivity contribution >= 4 is 40.6 Å². The van der Waals surface area contributed by atoms with Crippen LogP contribution in [0.4, 0.5) is 16.2 Å². The minimum atomic E-state index is -0.225. The lowest BCUT2D eigenvalue weighted by Crippen LogP contribution is -2.47. The van der Waals surface area contributed by atoms with E-state index >= 15 is 0 Å². The van der Waals surface area contributed by atoms with Crippen LogP contribution in [0.15, 0.2) is 36.4 Å². The molecule has 7 heteroatoms. The molecule has 3 rings (SSSR count). The molecule has 1 aliphatic rings. The summed E-state index contributed by atoms with van der Waals surface area (Å²) in [5, 5.41) is 7.03. The highest BCUT2D eigenvalue weighted by atomic mass is 35.5. The summed E-state index contributed by atoms with van der Waals surface area (Å²) < 4.78 is 0. The van der Waals surface area contributed by atoms with Gasteiger partial charge in [0.1, 0.15) is 0 Å². The number of benzene rings is 2. The number of amides is 2. The van der Waals surface area contributed by atoms with Gasteiger partial charge in [-0.3, -0.25) is 4.90 Å². The number of nitrogens with zero attached hydrogens (tertiary/aromatic N) is 2. The summed E-state index contributed by atoms with van der Waals surface area (Å²) in [4.78, 5) is 16.9. The van der Waals surface area contributed by atoms with Crippen LogP contribution < -0.4 is 15.5 Å². The minimum Gasteiger partial charge on any atom is -0.369 e. The molecule has 2 amide bonds. The summed E-state index contributed by atoms with van der Waals surface area (Å²) >= 11 is 12.3. The number of hydrogen-bond acceptors (Lipinski definition) is 3. The minimum absolute atomic E-state index is 0.225. The zero-order valence-electron chi connectivity index (χ0n) is 17.0. The number of urea groups is 1. The molecule has 2 aromatic carbocycles. The lowest BCUT2D eigenvalue weighted by molar-refractivity contribution is 0.244. The van der Waals surface area contributed by atoms with Crippen molar-refractivity contribution < 1.29 is 4.79 Å². The fraction of sp³-hybridized carbons (Fsp3) is 0.409. The summed E-state index contributed by atoms with van der Waals surface area (Å²) in [5.41, 5.74) is 4.17. The molecule has 0 saturated carbocycles. The van der Waals surface area contributed by atoms with Crippen molar-refractivity contribution in [3.63, 3.8) is 0 Å². The van der Waals surface area contributed by atoms with Gasteiger partial charge < -0.3 is 15.5 Å². The van der Waals surface area contributed by atoms with Crippen molar-refractivity contribution in [2.75, 3.05) is 49.5 Å². The van der Waals surface area contributed by atoms with Crippen LogP contribution in [-0.2, 0) is 0 Å². The summed E-state index contributed by atoms with van der Waals surface area (Å²) in [6.45, 7) is 9.68. The van der Waals surface area contributed by atoms with E-state index in [-0.39, 0.29) is 6.03 Å². The first-order chi connectivity index (χ1) is 13.9. The Labute approximate surface area is 183 Å². The number of halogens is 2. The maximum Gasteiger partial charge on any atom is 0.319 e. The Morgan fingerprint density at radius 3 is 2.52 bits per heavy atom. The van der Waals surface area contributed by atoms with Gasteiger partial charge in [-0.1, -0.05) is 35.3 Å². The molecule has 0 aliphatic carbocycles. The maximum atomic E-state index is 12.0. The number of hydrogen-bond donors (Lipinski definition) is 2. The third-order valence-electron chi connectivity index (χ3n) is 5.19. The fourth-order valence-electron chi connectivity index (χ4n) is 3.53. The monoisotopic (exact) mass is 434 g/mol. The van der Waals surface area contributed by atoms with Crippen molar-refractivity contribution in [3.8, 4) is 0 Å². The summed E-state index contributed by atoms with van der Waals surface area (Å²) in [5.74, 6) is 0. The van der Waals surface area contributed by atoms with Gasteiger partial charge in [-0.05, 0) is 62.2 Å². The quantitative estimate of drug-likeness (QED) is 0.632. The second-order valence-corrected chi connectivity index (χ2v) is 8.32. The molecule has 0 bridgehead atoms. The second kappa shape index (κ2) is 10.2. The van der Waals surface area contributed by atoms with Gasteiger partial charge >= 0.3 is 6.03 Å². The van der Waals surface area contributed by atoms with E-state index < -0.39 is 0 Å². The van der Waals surface area contributed by atoms with Gasteiger partial charge in [-0.25, -0.2) is 4.79 Å². The Morgan fingerprint density at radius 2 is 1.79 bits per heavy atom. The van der Waals surface area contributed by atoms with Crippen LogP contribution >= 0.6 is 23.2 Å². The molecular weight excluding hydrogens is 407 g/mol. The van der Waals surface area contributed by atoms with Gasteiger partial charge in [0.2, 0.25) is 0 Å². The number of carbonyl (C=O) groups excluding carboxylic acids is 1. The Bertz CT molecular complexity index is 851. The molecule has 29 heavy (non-hydrogen) atoms. The highest BCUT2D eigenvalue weighted by Crippen LogP contribution is 2.25. The average molecular weight is 435 g/mol. The molecule has 0 radical (unpaired) electrons. The summed E-state index contributed by atoms with van der Waals surface area (Å²) in [7, 11) is 0. The van der Waals surface area contributed by atoms with Gasteiger partial charge in [-0.2, -0.15) is 0 Å². The molecule has 156 valence electrons. The van der Waals surface area contributed by atoms with E-state index in [0.29, 0.717) is 17.3 Å². The lowest BCUT2D eigenvalue weighted by Gasteiger charge is -2.37. The van der Waals surface area contributed by atoms with Gasteiger partial charge in [0, 0.05) is 43.4 Å². The Morgan fingerprint density at radius 1 is 1.03 bits per heavy atom. The van der Waals surface area contributed by atoms with Crippen LogP contribution in [0.2, 0.25) is 10.0 Å². The average Bonchev–Trinajstić information content (AvgIpc) is 2.70. The number of aryl methyl sites for hydroxylation is 2. The Hall–Kier alpha value is -1.95. The van der Waals surface area contributed by atoms with Crippen molar-refractivity contribution in [2.24, 2.45) is 0 Å². The SMILES string of the molecule is Cc1ccc(NC(=O)NCCCN2CCN(c3cc(Cl)ccc3C)CC2)c(Cl)c1. The number of piperazine rings is 1. The van der Waals surface area contributed by atoms with Crippen molar-refractivity contribution in [2.45, 2.75) is 20.3 Å². The second-order valence-electron chi connectivity index (χ2n) is 7.48. The van der Waals surface area contributed by atoms with E-state index in [1.54, 1.807) is 0 Å². The zero-order valence-corrected chi connectivity index (χ0v) is 18.5. The topological polar surface area (TPSA) is 47.6 Å². The largest absolute Gasteiger partial charge is 0.369 e. The smallest absolute Gasteiger partial charge is 0.319 e. The predicted octanol–water partition coefficient (Wildman–Crippen LogP) is 4.94. The first-order valence-electron chi connectivity index (χ1n) is 9.97. The molecule has 0 unspecified atom stereocenters. The molecule has 1 aliphatic heterocycles. The van der Waals surface area contributed by atoms with Crippen LogP contribution in [-0.4, -0.2) is 50.2 Å². The molecule has 5 nitrogen and oxygen atoms in total. The highest BCUT2D eigenvalue weighted by Gasteiger charge is 2.18. The molecule has 2 N–H and O–H groups in total. The van der Waals surface area contributed by atoms with Crippen LogP contribution in [0.3, 0.4) is 0 Å².